The van der Waals surface area contributed by atoms with Crippen LogP contribution in [0.1, 0.15) is 30.3 Å². The Kier molecular flexibility index (Phi) is 3.72. The minimum Gasteiger partial charge on any atom is -0.345 e. The molecular formula is C13H13ClF3N5. The second-order valence-corrected chi connectivity index (χ2v) is 5.59. The number of aromatic nitrogens is 4. The first-order valence-electron chi connectivity index (χ1n) is 6.71. The molecule has 0 aromatic carbocycles. The van der Waals surface area contributed by atoms with Gasteiger partial charge < -0.3 is 9.47 Å². The van der Waals surface area contributed by atoms with E-state index in [0.29, 0.717) is 12.4 Å². The standard InChI is InChI=1S/C13H13ClF3N5/c1-21-7-19-20-12(21)10-3-2-4-22(10)11-9(14)5-8(6-18-11)13(15,16)17/h5-7,10H,2-4H2,1H3. The van der Waals surface area contributed by atoms with Crippen molar-refractivity contribution in [2.45, 2.75) is 25.1 Å². The summed E-state index contributed by atoms with van der Waals surface area (Å²) in [5.74, 6) is 1.09. The average Bonchev–Trinajstić information content (AvgIpc) is 3.05. The van der Waals surface area contributed by atoms with E-state index in [2.05, 4.69) is 15.2 Å². The van der Waals surface area contributed by atoms with Crippen LogP contribution in [0.4, 0.5) is 19.0 Å². The summed E-state index contributed by atoms with van der Waals surface area (Å²) >= 11 is 6.03. The van der Waals surface area contributed by atoms with Crippen LogP contribution in [0.15, 0.2) is 18.6 Å². The Bertz CT molecular complexity index is 685. The quantitative estimate of drug-likeness (QED) is 0.847. The Morgan fingerprint density at radius 2 is 2.14 bits per heavy atom. The summed E-state index contributed by atoms with van der Waals surface area (Å²) in [6.45, 7) is 0.662. The van der Waals surface area contributed by atoms with Crippen molar-refractivity contribution in [3.63, 3.8) is 0 Å². The van der Waals surface area contributed by atoms with Crippen LogP contribution in [0.25, 0.3) is 0 Å². The monoisotopic (exact) mass is 331 g/mol. The van der Waals surface area contributed by atoms with E-state index in [1.807, 2.05) is 11.9 Å². The summed E-state index contributed by atoms with van der Waals surface area (Å²) in [5, 5.41) is 7.92. The molecule has 1 atom stereocenters. The van der Waals surface area contributed by atoms with Gasteiger partial charge in [0.05, 0.1) is 16.6 Å². The molecule has 1 aliphatic heterocycles. The third kappa shape index (κ3) is 2.63. The number of halogens is 4. The first kappa shape index (κ1) is 15.1. The van der Waals surface area contributed by atoms with E-state index in [1.165, 1.54) is 0 Å². The molecule has 0 spiro atoms. The Morgan fingerprint density at radius 3 is 2.73 bits per heavy atom. The number of hydrogen-bond acceptors (Lipinski definition) is 4. The number of rotatable bonds is 2. The fourth-order valence-electron chi connectivity index (χ4n) is 2.68. The summed E-state index contributed by atoms with van der Waals surface area (Å²) in [6.07, 6.45) is -0.341. The third-order valence-corrected chi connectivity index (χ3v) is 4.00. The lowest BCUT2D eigenvalue weighted by molar-refractivity contribution is -0.137. The van der Waals surface area contributed by atoms with E-state index in [4.69, 9.17) is 11.6 Å². The molecule has 1 fully saturated rings. The largest absolute Gasteiger partial charge is 0.417 e. The molecule has 2 aromatic rings. The number of hydrogen-bond donors (Lipinski definition) is 0. The van der Waals surface area contributed by atoms with Crippen LogP contribution in [-0.4, -0.2) is 26.3 Å². The van der Waals surface area contributed by atoms with Crippen molar-refractivity contribution in [1.82, 2.24) is 19.7 Å². The first-order valence-corrected chi connectivity index (χ1v) is 7.09. The van der Waals surface area contributed by atoms with Gasteiger partial charge in [-0.25, -0.2) is 4.98 Å². The zero-order chi connectivity index (χ0) is 15.9. The van der Waals surface area contributed by atoms with Gasteiger partial charge >= 0.3 is 6.18 Å². The van der Waals surface area contributed by atoms with E-state index < -0.39 is 11.7 Å². The lowest BCUT2D eigenvalue weighted by Crippen LogP contribution is -2.26. The number of alkyl halides is 3. The summed E-state index contributed by atoms with van der Waals surface area (Å²) in [7, 11) is 1.83. The van der Waals surface area contributed by atoms with Gasteiger partial charge in [0.1, 0.15) is 12.1 Å². The van der Waals surface area contributed by atoms with Crippen molar-refractivity contribution in [2.24, 2.45) is 7.05 Å². The molecule has 0 saturated carbocycles. The molecule has 0 radical (unpaired) electrons. The van der Waals surface area contributed by atoms with Crippen LogP contribution in [-0.2, 0) is 13.2 Å². The fraction of sp³-hybridized carbons (Fsp3) is 0.462. The van der Waals surface area contributed by atoms with E-state index in [-0.39, 0.29) is 11.1 Å². The molecule has 3 heterocycles. The predicted molar refractivity (Wildman–Crippen MR) is 74.6 cm³/mol. The lowest BCUT2D eigenvalue weighted by atomic mass is 10.2. The van der Waals surface area contributed by atoms with Gasteiger partial charge in [-0.3, -0.25) is 0 Å². The van der Waals surface area contributed by atoms with Gasteiger partial charge in [-0.2, -0.15) is 13.2 Å². The molecule has 9 heteroatoms. The zero-order valence-electron chi connectivity index (χ0n) is 11.7. The van der Waals surface area contributed by atoms with E-state index in [9.17, 15) is 13.2 Å². The predicted octanol–water partition coefficient (Wildman–Crippen LogP) is 3.22. The van der Waals surface area contributed by atoms with Gasteiger partial charge in [0.25, 0.3) is 0 Å². The van der Waals surface area contributed by atoms with Crippen molar-refractivity contribution in [3.8, 4) is 0 Å². The summed E-state index contributed by atoms with van der Waals surface area (Å²) in [5.41, 5.74) is -0.851. The van der Waals surface area contributed by atoms with Crippen LogP contribution >= 0.6 is 11.6 Å². The van der Waals surface area contributed by atoms with Crippen molar-refractivity contribution in [2.75, 3.05) is 11.4 Å². The van der Waals surface area contributed by atoms with Crippen LogP contribution in [0, 0.1) is 0 Å². The maximum atomic E-state index is 12.7. The number of aryl methyl sites for hydroxylation is 1. The van der Waals surface area contributed by atoms with E-state index in [1.54, 1.807) is 10.9 Å². The molecule has 5 nitrogen and oxygen atoms in total. The molecule has 1 unspecified atom stereocenters. The van der Waals surface area contributed by atoms with Gasteiger partial charge in [-0.1, -0.05) is 11.6 Å². The van der Waals surface area contributed by atoms with Crippen LogP contribution in [0.3, 0.4) is 0 Å². The highest BCUT2D eigenvalue weighted by molar-refractivity contribution is 6.33. The highest BCUT2D eigenvalue weighted by Gasteiger charge is 2.35. The van der Waals surface area contributed by atoms with Crippen molar-refractivity contribution < 1.29 is 13.2 Å². The summed E-state index contributed by atoms with van der Waals surface area (Å²) < 4.78 is 39.9. The molecule has 2 aromatic heterocycles. The molecule has 22 heavy (non-hydrogen) atoms. The first-order chi connectivity index (χ1) is 10.4. The number of pyridine rings is 1. The fourth-order valence-corrected chi connectivity index (χ4v) is 2.95. The molecular weight excluding hydrogens is 319 g/mol. The smallest absolute Gasteiger partial charge is 0.345 e. The van der Waals surface area contributed by atoms with Crippen molar-refractivity contribution >= 4 is 17.4 Å². The number of anilines is 1. The van der Waals surface area contributed by atoms with Gasteiger partial charge in [-0.05, 0) is 18.9 Å². The van der Waals surface area contributed by atoms with Crippen LogP contribution in [0.5, 0.6) is 0 Å². The average molecular weight is 332 g/mol. The Morgan fingerprint density at radius 1 is 1.36 bits per heavy atom. The van der Waals surface area contributed by atoms with Crippen molar-refractivity contribution in [1.29, 1.82) is 0 Å². The van der Waals surface area contributed by atoms with Crippen LogP contribution < -0.4 is 4.90 Å². The zero-order valence-corrected chi connectivity index (χ0v) is 12.4. The van der Waals surface area contributed by atoms with Gasteiger partial charge in [-0.15, -0.1) is 10.2 Å². The highest BCUT2D eigenvalue weighted by Crippen LogP contribution is 2.39. The molecule has 0 bridgehead atoms. The van der Waals surface area contributed by atoms with Gasteiger partial charge in [0, 0.05) is 19.8 Å². The van der Waals surface area contributed by atoms with Crippen molar-refractivity contribution in [3.05, 3.63) is 35.0 Å². The SMILES string of the molecule is Cn1cnnc1C1CCCN1c1ncc(C(F)(F)F)cc1Cl. The molecule has 0 amide bonds. The Balaban J connectivity index is 1.95. The number of nitrogens with zero attached hydrogens (tertiary/aromatic N) is 5. The third-order valence-electron chi connectivity index (χ3n) is 3.72. The minimum absolute atomic E-state index is 0.0103. The van der Waals surface area contributed by atoms with E-state index >= 15 is 0 Å². The maximum absolute atomic E-state index is 12.7. The molecule has 1 aliphatic rings. The topological polar surface area (TPSA) is 46.8 Å². The molecule has 118 valence electrons. The maximum Gasteiger partial charge on any atom is 0.417 e. The summed E-state index contributed by atoms with van der Waals surface area (Å²) in [4.78, 5) is 5.81. The van der Waals surface area contributed by atoms with Gasteiger partial charge in [0.15, 0.2) is 5.82 Å². The lowest BCUT2D eigenvalue weighted by Gasteiger charge is -2.26. The molecule has 0 N–H and O–H groups in total. The van der Waals surface area contributed by atoms with E-state index in [0.717, 1.165) is 30.9 Å². The summed E-state index contributed by atoms with van der Waals surface area (Å²) in [6, 6.07) is 0.824. The normalized spacial score (nSPS) is 19.0. The molecule has 3 rings (SSSR count). The molecule has 0 aliphatic carbocycles. The van der Waals surface area contributed by atoms with Crippen LogP contribution in [0.2, 0.25) is 5.02 Å². The molecule has 1 saturated heterocycles. The second kappa shape index (κ2) is 5.42. The Labute approximate surface area is 129 Å². The minimum atomic E-state index is -4.46. The highest BCUT2D eigenvalue weighted by atomic mass is 35.5. The Hall–Kier alpha value is -1.83. The van der Waals surface area contributed by atoms with Gasteiger partial charge in [0.2, 0.25) is 0 Å². The second-order valence-electron chi connectivity index (χ2n) is 5.18.